The number of amides is 1. The third kappa shape index (κ3) is 6.26. The highest BCUT2D eigenvalue weighted by atomic mass is 19.1. The summed E-state index contributed by atoms with van der Waals surface area (Å²) in [5, 5.41) is 6.58. The Hall–Kier alpha value is -4.03. The Kier molecular flexibility index (Phi) is 8.30. The van der Waals surface area contributed by atoms with Gasteiger partial charge in [-0.1, -0.05) is 0 Å². The quantitative estimate of drug-likeness (QED) is 0.297. The molecular weight excluding hydrogens is 576 g/mol. The van der Waals surface area contributed by atoms with Gasteiger partial charge in [-0.3, -0.25) is 9.69 Å². The van der Waals surface area contributed by atoms with E-state index in [-0.39, 0.29) is 40.2 Å². The molecule has 3 aromatic heterocycles. The minimum atomic E-state index is -0.679. The van der Waals surface area contributed by atoms with Crippen LogP contribution < -0.4 is 10.6 Å². The number of piperidine rings is 1. The molecule has 5 heterocycles. The monoisotopic (exact) mass is 617 g/mol. The minimum absolute atomic E-state index is 0.0285. The van der Waals surface area contributed by atoms with Gasteiger partial charge in [-0.05, 0) is 78.6 Å². The molecule has 4 aromatic rings. The summed E-state index contributed by atoms with van der Waals surface area (Å²) in [6, 6.07) is 6.91. The normalized spacial score (nSPS) is 17.8. The molecule has 1 aromatic carbocycles. The lowest BCUT2D eigenvalue weighted by atomic mass is 9.96. The van der Waals surface area contributed by atoms with E-state index in [9.17, 15) is 9.18 Å². The van der Waals surface area contributed by atoms with Crippen LogP contribution in [0.25, 0.3) is 22.3 Å². The van der Waals surface area contributed by atoms with Crippen molar-refractivity contribution in [2.45, 2.75) is 72.0 Å². The third-order valence-electron chi connectivity index (χ3n) is 8.88. The van der Waals surface area contributed by atoms with Gasteiger partial charge in [-0.15, -0.1) is 0 Å². The molecule has 6 rings (SSSR count). The van der Waals surface area contributed by atoms with Gasteiger partial charge < -0.3 is 20.1 Å². The molecule has 45 heavy (non-hydrogen) atoms. The smallest absolute Gasteiger partial charge is 0.255 e. The van der Waals surface area contributed by atoms with Crippen LogP contribution in [0, 0.1) is 25.5 Å². The number of benzene rings is 1. The highest BCUT2D eigenvalue weighted by Crippen LogP contribution is 2.31. The second kappa shape index (κ2) is 12.1. The molecule has 2 fully saturated rings. The van der Waals surface area contributed by atoms with Crippen LogP contribution >= 0.6 is 0 Å². The zero-order valence-electron chi connectivity index (χ0n) is 26.8. The number of likely N-dealkylation sites (tertiary alicyclic amines) is 1. The van der Waals surface area contributed by atoms with Gasteiger partial charge in [0.2, 0.25) is 5.95 Å². The highest BCUT2D eigenvalue weighted by Gasteiger charge is 2.33. The fourth-order valence-electron chi connectivity index (χ4n) is 6.76. The van der Waals surface area contributed by atoms with E-state index in [2.05, 4.69) is 49.3 Å². The molecule has 0 bridgehead atoms. The second-order valence-electron chi connectivity index (χ2n) is 13.1. The van der Waals surface area contributed by atoms with E-state index in [1.807, 2.05) is 30.2 Å². The Morgan fingerprint density at radius 1 is 1.04 bits per heavy atom. The SMILES string of the molecule is Cc1nc(Nc2ncc(F)c(-c3cc(F)c4nc(C)n(C(C)C)c4c3)n2)ccc1C(=O)N1CCC(N2CCNC(C)(C)C2)CC1. The Labute approximate surface area is 262 Å². The molecule has 1 amide bonds. The van der Waals surface area contributed by atoms with Crippen LogP contribution in [-0.4, -0.2) is 84.5 Å². The number of hydrogen-bond acceptors (Lipinski definition) is 8. The average molecular weight is 618 g/mol. The van der Waals surface area contributed by atoms with Gasteiger partial charge >= 0.3 is 0 Å². The number of carbonyl (C=O) groups excluding carboxylic acids is 1. The first-order valence-electron chi connectivity index (χ1n) is 15.6. The van der Waals surface area contributed by atoms with E-state index >= 15 is 4.39 Å². The molecule has 0 saturated carbocycles. The number of hydrogen-bond donors (Lipinski definition) is 2. The molecule has 0 unspecified atom stereocenters. The summed E-state index contributed by atoms with van der Waals surface area (Å²) >= 11 is 0. The first-order chi connectivity index (χ1) is 21.4. The number of imidazole rings is 1. The summed E-state index contributed by atoms with van der Waals surface area (Å²) in [5.41, 5.74) is 2.26. The molecule has 2 N–H and O–H groups in total. The molecule has 2 saturated heterocycles. The number of aryl methyl sites for hydroxylation is 2. The Balaban J connectivity index is 1.16. The fraction of sp³-hybridized carbons (Fsp3) is 0.485. The lowest BCUT2D eigenvalue weighted by Gasteiger charge is -2.45. The van der Waals surface area contributed by atoms with Gasteiger partial charge in [0.05, 0.1) is 23.0 Å². The molecule has 12 heteroatoms. The number of aromatic nitrogens is 5. The van der Waals surface area contributed by atoms with E-state index in [0.717, 1.165) is 38.7 Å². The largest absolute Gasteiger partial charge is 0.338 e. The lowest BCUT2D eigenvalue weighted by molar-refractivity contribution is 0.0499. The van der Waals surface area contributed by atoms with Gasteiger partial charge in [-0.25, -0.2) is 28.7 Å². The number of nitrogens with one attached hydrogen (secondary N) is 2. The first kappa shape index (κ1) is 31.0. The first-order valence-corrected chi connectivity index (χ1v) is 15.6. The van der Waals surface area contributed by atoms with Crippen LogP contribution in [0.15, 0.2) is 30.5 Å². The number of rotatable bonds is 6. The number of piperazine rings is 1. The van der Waals surface area contributed by atoms with Gasteiger partial charge in [0, 0.05) is 55.9 Å². The molecule has 0 spiro atoms. The van der Waals surface area contributed by atoms with Crippen molar-refractivity contribution in [1.82, 2.24) is 39.6 Å². The zero-order valence-corrected chi connectivity index (χ0v) is 26.8. The summed E-state index contributed by atoms with van der Waals surface area (Å²) < 4.78 is 32.0. The summed E-state index contributed by atoms with van der Waals surface area (Å²) in [7, 11) is 0. The molecule has 10 nitrogen and oxygen atoms in total. The topological polar surface area (TPSA) is 104 Å². The van der Waals surface area contributed by atoms with Crippen LogP contribution in [0.2, 0.25) is 0 Å². The van der Waals surface area contributed by atoms with Gasteiger partial charge in [-0.2, -0.15) is 0 Å². The van der Waals surface area contributed by atoms with Crippen molar-refractivity contribution in [2.75, 3.05) is 38.0 Å². The Bertz CT molecular complexity index is 1740. The van der Waals surface area contributed by atoms with Gasteiger partial charge in [0.15, 0.2) is 11.6 Å². The van der Waals surface area contributed by atoms with Gasteiger partial charge in [0.1, 0.15) is 22.9 Å². The molecule has 238 valence electrons. The van der Waals surface area contributed by atoms with Crippen molar-refractivity contribution >= 4 is 28.7 Å². The van der Waals surface area contributed by atoms with Crippen LogP contribution in [-0.2, 0) is 0 Å². The van der Waals surface area contributed by atoms with Crippen molar-refractivity contribution in [3.63, 3.8) is 0 Å². The fourth-order valence-corrected chi connectivity index (χ4v) is 6.76. The van der Waals surface area contributed by atoms with Crippen molar-refractivity contribution in [1.29, 1.82) is 0 Å². The van der Waals surface area contributed by atoms with Crippen LogP contribution in [0.5, 0.6) is 0 Å². The maximum atomic E-state index is 15.1. The predicted octanol–water partition coefficient (Wildman–Crippen LogP) is 5.40. The minimum Gasteiger partial charge on any atom is -0.338 e. The maximum Gasteiger partial charge on any atom is 0.255 e. The van der Waals surface area contributed by atoms with Crippen LogP contribution in [0.3, 0.4) is 0 Å². The summed E-state index contributed by atoms with van der Waals surface area (Å²) in [4.78, 5) is 35.3. The van der Waals surface area contributed by atoms with Crippen molar-refractivity contribution < 1.29 is 13.6 Å². The Morgan fingerprint density at radius 2 is 1.80 bits per heavy atom. The van der Waals surface area contributed by atoms with E-state index in [1.165, 1.54) is 6.07 Å². The molecule has 0 aliphatic carbocycles. The van der Waals surface area contributed by atoms with E-state index in [1.54, 1.807) is 25.1 Å². The average Bonchev–Trinajstić information content (AvgIpc) is 3.34. The maximum absolute atomic E-state index is 15.1. The second-order valence-corrected chi connectivity index (χ2v) is 13.1. The van der Waals surface area contributed by atoms with E-state index in [4.69, 9.17) is 0 Å². The standard InChI is InChI=1S/C33H41F2N9O/c1-19(2)44-21(4)39-30-25(34)15-22(16-27(30)44)29-26(35)17-36-32(41-29)40-28-8-7-24(20(3)38-28)31(45)42-12-9-23(10-13-42)43-14-11-37-33(5,6)18-43/h7-8,15-17,19,23,37H,9-14,18H2,1-6H3,(H,36,38,40,41). The van der Waals surface area contributed by atoms with Gasteiger partial charge in [0.25, 0.3) is 5.91 Å². The third-order valence-corrected chi connectivity index (χ3v) is 8.88. The molecular formula is C33H41F2N9O. The molecule has 2 aliphatic rings. The molecule has 0 radical (unpaired) electrons. The summed E-state index contributed by atoms with van der Waals surface area (Å²) in [6.07, 6.45) is 2.95. The Morgan fingerprint density at radius 3 is 2.49 bits per heavy atom. The van der Waals surface area contributed by atoms with Crippen molar-refractivity contribution in [3.05, 3.63) is 59.2 Å². The van der Waals surface area contributed by atoms with Crippen LogP contribution in [0.1, 0.15) is 68.5 Å². The summed E-state index contributed by atoms with van der Waals surface area (Å²) in [6.45, 7) is 16.5. The summed E-state index contributed by atoms with van der Waals surface area (Å²) in [5.74, 6) is -0.0671. The number of anilines is 2. The molecule has 2 aliphatic heterocycles. The number of fused-ring (bicyclic) bond motifs is 1. The van der Waals surface area contributed by atoms with E-state index in [0.29, 0.717) is 47.5 Å². The lowest BCUT2D eigenvalue weighted by Crippen LogP contribution is -2.60. The highest BCUT2D eigenvalue weighted by molar-refractivity contribution is 5.95. The number of nitrogens with zero attached hydrogens (tertiary/aromatic N) is 7. The zero-order chi connectivity index (χ0) is 32.0. The van der Waals surface area contributed by atoms with Crippen molar-refractivity contribution in [3.8, 4) is 11.3 Å². The number of carbonyl (C=O) groups is 1. The molecule has 0 atom stereocenters. The van der Waals surface area contributed by atoms with E-state index < -0.39 is 11.6 Å². The number of pyridine rings is 1. The predicted molar refractivity (Wildman–Crippen MR) is 171 cm³/mol. The van der Waals surface area contributed by atoms with Crippen molar-refractivity contribution in [2.24, 2.45) is 0 Å². The number of halogens is 2. The van der Waals surface area contributed by atoms with Crippen LogP contribution in [0.4, 0.5) is 20.5 Å².